The largest absolute Gasteiger partial charge is 0.455 e. The number of hydrogen-bond acceptors (Lipinski definition) is 5. The summed E-state index contributed by atoms with van der Waals surface area (Å²) in [5.41, 5.74) is 8.94. The molecular weight excluding hydrogens is 679 g/mol. The van der Waals surface area contributed by atoms with E-state index < -0.39 is 0 Å². The summed E-state index contributed by atoms with van der Waals surface area (Å²) >= 11 is 1.79. The lowest BCUT2D eigenvalue weighted by Gasteiger charge is -2.11. The van der Waals surface area contributed by atoms with E-state index >= 15 is 0 Å². The highest BCUT2D eigenvalue weighted by Gasteiger charge is 2.19. The summed E-state index contributed by atoms with van der Waals surface area (Å²) in [6.45, 7) is 0. The summed E-state index contributed by atoms with van der Waals surface area (Å²) in [6, 6.07) is 61.5. The maximum Gasteiger partial charge on any atom is 0.164 e. The van der Waals surface area contributed by atoms with Crippen LogP contribution in [0.1, 0.15) is 0 Å². The summed E-state index contributed by atoms with van der Waals surface area (Å²) in [7, 11) is 0. The SMILES string of the molecule is c1ccc(-c2ccc(-c3nc(-c4cccc(-c5cccc6c5oc5cc7ccccc7cc56)c4)nc(-c4cccc5sc6ccccc6c45)n3)cc2)cc1. The Balaban J connectivity index is 1.09. The monoisotopic (exact) mass is 707 g/mol. The summed E-state index contributed by atoms with van der Waals surface area (Å²) in [4.78, 5) is 15.5. The molecule has 54 heavy (non-hydrogen) atoms. The average molecular weight is 708 g/mol. The number of hydrogen-bond donors (Lipinski definition) is 0. The van der Waals surface area contributed by atoms with Gasteiger partial charge in [0.15, 0.2) is 17.5 Å². The van der Waals surface area contributed by atoms with Crippen LogP contribution in [-0.2, 0) is 0 Å². The summed E-state index contributed by atoms with van der Waals surface area (Å²) in [6.07, 6.45) is 0. The molecule has 0 N–H and O–H groups in total. The number of aromatic nitrogens is 3. The van der Waals surface area contributed by atoms with E-state index in [-0.39, 0.29) is 0 Å². The Kier molecular flexibility index (Phi) is 7.00. The maximum atomic E-state index is 6.62. The van der Waals surface area contributed by atoms with Gasteiger partial charge in [0.1, 0.15) is 11.2 Å². The van der Waals surface area contributed by atoms with Crippen LogP contribution in [0.5, 0.6) is 0 Å². The van der Waals surface area contributed by atoms with Crippen molar-refractivity contribution in [3.05, 3.63) is 176 Å². The van der Waals surface area contributed by atoms with Crippen LogP contribution in [0, 0.1) is 0 Å². The topological polar surface area (TPSA) is 51.8 Å². The number of rotatable bonds is 5. The molecule has 0 amide bonds. The zero-order valence-corrected chi connectivity index (χ0v) is 29.7. The second-order valence-electron chi connectivity index (χ2n) is 13.6. The summed E-state index contributed by atoms with van der Waals surface area (Å²) in [5.74, 6) is 1.89. The Morgan fingerprint density at radius 3 is 1.83 bits per heavy atom. The number of benzene rings is 8. The molecule has 4 nitrogen and oxygen atoms in total. The van der Waals surface area contributed by atoms with Gasteiger partial charge in [-0.1, -0.05) is 146 Å². The van der Waals surface area contributed by atoms with Crippen molar-refractivity contribution in [3.63, 3.8) is 0 Å². The van der Waals surface area contributed by atoms with Crippen molar-refractivity contribution in [1.82, 2.24) is 15.0 Å². The molecule has 3 aromatic heterocycles. The molecule has 0 aliphatic heterocycles. The predicted octanol–water partition coefficient (Wildman–Crippen LogP) is 13.6. The summed E-state index contributed by atoms with van der Waals surface area (Å²) in [5, 5.41) is 6.94. The van der Waals surface area contributed by atoms with E-state index in [1.165, 1.54) is 31.1 Å². The van der Waals surface area contributed by atoms with Gasteiger partial charge < -0.3 is 4.42 Å². The molecule has 3 heterocycles. The Hall–Kier alpha value is -6.95. The molecule has 0 aliphatic rings. The lowest BCUT2D eigenvalue weighted by atomic mass is 9.99. The minimum absolute atomic E-state index is 0.614. The van der Waals surface area contributed by atoms with E-state index in [2.05, 4.69) is 170 Å². The van der Waals surface area contributed by atoms with Crippen LogP contribution >= 0.6 is 11.3 Å². The minimum Gasteiger partial charge on any atom is -0.455 e. The zero-order chi connectivity index (χ0) is 35.6. The minimum atomic E-state index is 0.614. The van der Waals surface area contributed by atoms with E-state index in [1.54, 1.807) is 11.3 Å². The highest BCUT2D eigenvalue weighted by Crippen LogP contribution is 2.41. The van der Waals surface area contributed by atoms with Gasteiger partial charge in [0.05, 0.1) is 0 Å². The number of thiophene rings is 1. The Morgan fingerprint density at radius 2 is 0.963 bits per heavy atom. The van der Waals surface area contributed by atoms with Crippen molar-refractivity contribution < 1.29 is 4.42 Å². The third-order valence-corrected chi connectivity index (χ3v) is 11.5. The van der Waals surface area contributed by atoms with E-state index in [0.29, 0.717) is 17.5 Å². The quantitative estimate of drug-likeness (QED) is 0.179. The smallest absolute Gasteiger partial charge is 0.164 e. The molecular formula is C49H29N3OS. The summed E-state index contributed by atoms with van der Waals surface area (Å²) < 4.78 is 9.06. The van der Waals surface area contributed by atoms with E-state index in [1.807, 2.05) is 6.07 Å². The molecule has 0 fully saturated rings. The first-order chi connectivity index (χ1) is 26.7. The van der Waals surface area contributed by atoms with Crippen LogP contribution in [-0.4, -0.2) is 15.0 Å². The van der Waals surface area contributed by atoms with Crippen molar-refractivity contribution in [2.75, 3.05) is 0 Å². The molecule has 252 valence electrons. The average Bonchev–Trinajstić information content (AvgIpc) is 3.81. The van der Waals surface area contributed by atoms with Crippen molar-refractivity contribution in [2.45, 2.75) is 0 Å². The molecule has 5 heteroatoms. The first-order valence-electron chi connectivity index (χ1n) is 18.0. The van der Waals surface area contributed by atoms with Crippen LogP contribution in [0.2, 0.25) is 0 Å². The van der Waals surface area contributed by atoms with E-state index in [9.17, 15) is 0 Å². The van der Waals surface area contributed by atoms with Crippen LogP contribution in [0.15, 0.2) is 180 Å². The Labute approximate surface area is 314 Å². The molecule has 0 saturated heterocycles. The molecule has 8 aromatic carbocycles. The molecule has 0 atom stereocenters. The molecule has 11 rings (SSSR count). The highest BCUT2D eigenvalue weighted by atomic mass is 32.1. The lowest BCUT2D eigenvalue weighted by Crippen LogP contribution is -2.00. The third-order valence-electron chi connectivity index (χ3n) is 10.3. The second kappa shape index (κ2) is 12.3. The number of furan rings is 1. The van der Waals surface area contributed by atoms with E-state index in [4.69, 9.17) is 19.4 Å². The molecule has 0 unspecified atom stereocenters. The van der Waals surface area contributed by atoms with Crippen molar-refractivity contribution in [2.24, 2.45) is 0 Å². The molecule has 0 radical (unpaired) electrons. The molecule has 0 saturated carbocycles. The van der Waals surface area contributed by atoms with Crippen molar-refractivity contribution in [3.8, 4) is 56.4 Å². The number of para-hydroxylation sites is 1. The second-order valence-corrected chi connectivity index (χ2v) is 14.7. The van der Waals surface area contributed by atoms with Gasteiger partial charge in [-0.05, 0) is 57.8 Å². The van der Waals surface area contributed by atoms with Gasteiger partial charge in [0, 0.05) is 53.2 Å². The fourth-order valence-electron chi connectivity index (χ4n) is 7.69. The van der Waals surface area contributed by atoms with Gasteiger partial charge in [-0.3, -0.25) is 0 Å². The molecule has 11 aromatic rings. The van der Waals surface area contributed by atoms with Crippen molar-refractivity contribution in [1.29, 1.82) is 0 Å². The standard InChI is InChI=1S/C49H29N3OS/c1-2-11-30(12-3-1)31-23-25-32(26-24-31)47-50-48(52-49(51-47)40-20-10-22-44-45(40)39-17-6-7-21-43(39)54-44)36-16-8-15-35(27-36)37-18-9-19-38-41-28-33-13-4-5-14-34(33)29-42(41)53-46(37)38/h1-29H. The van der Waals surface area contributed by atoms with Crippen molar-refractivity contribution >= 4 is 64.2 Å². The van der Waals surface area contributed by atoms with Crippen LogP contribution in [0.3, 0.4) is 0 Å². The van der Waals surface area contributed by atoms with E-state index in [0.717, 1.165) is 60.7 Å². The van der Waals surface area contributed by atoms with Crippen LogP contribution in [0.4, 0.5) is 0 Å². The molecule has 0 aliphatic carbocycles. The molecule has 0 bridgehead atoms. The zero-order valence-electron chi connectivity index (χ0n) is 28.9. The Morgan fingerprint density at radius 1 is 0.370 bits per heavy atom. The van der Waals surface area contributed by atoms with Crippen LogP contribution < -0.4 is 0 Å². The van der Waals surface area contributed by atoms with Gasteiger partial charge in [-0.2, -0.15) is 0 Å². The fraction of sp³-hybridized carbons (Fsp3) is 0. The fourth-order valence-corrected chi connectivity index (χ4v) is 8.83. The lowest BCUT2D eigenvalue weighted by molar-refractivity contribution is 0.670. The van der Waals surface area contributed by atoms with Gasteiger partial charge in [-0.15, -0.1) is 11.3 Å². The predicted molar refractivity (Wildman–Crippen MR) is 225 cm³/mol. The first-order valence-corrected chi connectivity index (χ1v) is 18.8. The molecule has 0 spiro atoms. The third kappa shape index (κ3) is 5.09. The Bertz CT molecular complexity index is 3220. The van der Waals surface area contributed by atoms with Crippen LogP contribution in [0.25, 0.3) is 109 Å². The highest BCUT2D eigenvalue weighted by molar-refractivity contribution is 7.25. The van der Waals surface area contributed by atoms with Gasteiger partial charge >= 0.3 is 0 Å². The van der Waals surface area contributed by atoms with Gasteiger partial charge in [0.25, 0.3) is 0 Å². The maximum absolute atomic E-state index is 6.62. The number of nitrogens with zero attached hydrogens (tertiary/aromatic N) is 3. The van der Waals surface area contributed by atoms with Gasteiger partial charge in [0.2, 0.25) is 0 Å². The normalized spacial score (nSPS) is 11.7. The first kappa shape index (κ1) is 30.7. The number of fused-ring (bicyclic) bond motifs is 7. The van der Waals surface area contributed by atoms with Gasteiger partial charge in [-0.25, -0.2) is 15.0 Å².